The molecule has 0 aromatic heterocycles. The van der Waals surface area contributed by atoms with Gasteiger partial charge >= 0.3 is 0 Å². The number of aliphatic hydroxyl groups excluding tert-OH is 1. The molecule has 0 aliphatic heterocycles. The minimum atomic E-state index is -0.676. The summed E-state index contributed by atoms with van der Waals surface area (Å²) in [7, 11) is 0. The second-order valence-corrected chi connectivity index (χ2v) is 13.1. The maximum Gasteiger partial charge on any atom is 0.126 e. The SMILES string of the molecule is C[C@@H](NC[C@@H](O)COC1CCCCC1)[C@@H](OCc1ccccc1)[C@H](Cc1cc(F)cc(F)c1)N(Cc1ccccc1)Cc1ccccc1. The normalized spacial score (nSPS) is 16.4. The van der Waals surface area contributed by atoms with Gasteiger partial charge in [0.25, 0.3) is 0 Å². The van der Waals surface area contributed by atoms with Crippen LogP contribution in [0.3, 0.4) is 0 Å². The molecule has 5 nitrogen and oxygen atoms in total. The van der Waals surface area contributed by atoms with E-state index >= 15 is 0 Å². The van der Waals surface area contributed by atoms with E-state index in [1.54, 1.807) is 0 Å². The third-order valence-corrected chi connectivity index (χ3v) is 9.20. The van der Waals surface area contributed by atoms with Crippen LogP contribution in [0.15, 0.2) is 109 Å². The minimum Gasteiger partial charge on any atom is -0.389 e. The zero-order valence-electron chi connectivity index (χ0n) is 28.0. The number of rotatable bonds is 18. The third kappa shape index (κ3) is 11.6. The van der Waals surface area contributed by atoms with Gasteiger partial charge < -0.3 is 19.9 Å². The molecule has 48 heavy (non-hydrogen) atoms. The minimum absolute atomic E-state index is 0.216. The van der Waals surface area contributed by atoms with Gasteiger partial charge in [0.05, 0.1) is 31.5 Å². The predicted octanol–water partition coefficient (Wildman–Crippen LogP) is 7.85. The van der Waals surface area contributed by atoms with Gasteiger partial charge in [-0.1, -0.05) is 110 Å². The number of ether oxygens (including phenoxy) is 2. The number of hydrogen-bond donors (Lipinski definition) is 2. The smallest absolute Gasteiger partial charge is 0.126 e. The molecule has 1 saturated carbocycles. The van der Waals surface area contributed by atoms with Crippen LogP contribution in [0.5, 0.6) is 0 Å². The summed E-state index contributed by atoms with van der Waals surface area (Å²) in [5, 5.41) is 14.5. The first-order chi connectivity index (χ1) is 23.4. The maximum absolute atomic E-state index is 14.6. The summed E-state index contributed by atoms with van der Waals surface area (Å²) in [5.74, 6) is -1.20. The van der Waals surface area contributed by atoms with Crippen molar-refractivity contribution in [1.82, 2.24) is 10.2 Å². The fourth-order valence-corrected chi connectivity index (χ4v) is 6.68. The molecule has 0 amide bonds. The van der Waals surface area contributed by atoms with Gasteiger partial charge in [-0.15, -0.1) is 0 Å². The molecule has 2 N–H and O–H groups in total. The Balaban J connectivity index is 1.44. The van der Waals surface area contributed by atoms with E-state index in [1.165, 1.54) is 31.4 Å². The fraction of sp³-hybridized carbons (Fsp3) is 0.415. The van der Waals surface area contributed by atoms with Crippen molar-refractivity contribution < 1.29 is 23.4 Å². The summed E-state index contributed by atoms with van der Waals surface area (Å²) in [6.07, 6.45) is 5.17. The molecule has 0 unspecified atom stereocenters. The van der Waals surface area contributed by atoms with Crippen molar-refractivity contribution in [2.24, 2.45) is 0 Å². The van der Waals surface area contributed by atoms with E-state index in [0.29, 0.717) is 38.2 Å². The molecule has 5 rings (SSSR count). The summed E-state index contributed by atoms with van der Waals surface area (Å²) >= 11 is 0. The van der Waals surface area contributed by atoms with Gasteiger partial charge in [-0.2, -0.15) is 0 Å². The lowest BCUT2D eigenvalue weighted by Crippen LogP contribution is -2.54. The largest absolute Gasteiger partial charge is 0.389 e. The van der Waals surface area contributed by atoms with Gasteiger partial charge in [-0.25, -0.2) is 8.78 Å². The quantitative estimate of drug-likeness (QED) is 0.114. The molecule has 4 atom stereocenters. The van der Waals surface area contributed by atoms with Gasteiger partial charge in [-0.05, 0) is 60.6 Å². The van der Waals surface area contributed by atoms with Crippen LogP contribution in [0.25, 0.3) is 0 Å². The molecular weight excluding hydrogens is 606 g/mol. The molecule has 0 heterocycles. The van der Waals surface area contributed by atoms with E-state index in [1.807, 2.05) is 66.7 Å². The molecule has 0 saturated heterocycles. The standard InChI is InChI=1S/C41H50F2N2O3/c1-31(44-26-38(46)30-47-39-20-12-5-13-21-39)41(48-29-34-18-10-4-11-19-34)40(24-35-22-36(42)25-37(43)23-35)45(27-32-14-6-2-7-15-32)28-33-16-8-3-9-17-33/h2-4,6-11,14-19,22-23,25,31,38-41,44,46H,5,12-13,20-21,24,26-30H2,1H3/t31-,38-,40+,41-/m1/s1. The number of halogens is 2. The van der Waals surface area contributed by atoms with Gasteiger partial charge in [0.1, 0.15) is 11.6 Å². The maximum atomic E-state index is 14.6. The first-order valence-electron chi connectivity index (χ1n) is 17.4. The molecular formula is C41H50F2N2O3. The summed E-state index contributed by atoms with van der Waals surface area (Å²) in [5.41, 5.74) is 3.84. The highest BCUT2D eigenvalue weighted by Gasteiger charge is 2.34. The Hall–Kier alpha value is -3.46. The van der Waals surface area contributed by atoms with Crippen molar-refractivity contribution in [3.8, 4) is 0 Å². The van der Waals surface area contributed by atoms with Crippen molar-refractivity contribution in [3.05, 3.63) is 143 Å². The summed E-state index contributed by atoms with van der Waals surface area (Å²) in [6.45, 7) is 4.25. The van der Waals surface area contributed by atoms with Gasteiger partial charge in [0, 0.05) is 37.8 Å². The number of nitrogens with zero attached hydrogens (tertiary/aromatic N) is 1. The van der Waals surface area contributed by atoms with Crippen molar-refractivity contribution in [3.63, 3.8) is 0 Å². The van der Waals surface area contributed by atoms with Crippen LogP contribution >= 0.6 is 0 Å². The highest BCUT2D eigenvalue weighted by Crippen LogP contribution is 2.25. The second kappa shape index (κ2) is 18.9. The second-order valence-electron chi connectivity index (χ2n) is 13.1. The Kier molecular flexibility index (Phi) is 14.1. The molecule has 4 aromatic rings. The van der Waals surface area contributed by atoms with Gasteiger partial charge in [0.2, 0.25) is 0 Å². The summed E-state index contributed by atoms with van der Waals surface area (Å²) < 4.78 is 42.1. The predicted molar refractivity (Wildman–Crippen MR) is 187 cm³/mol. The third-order valence-electron chi connectivity index (χ3n) is 9.20. The van der Waals surface area contributed by atoms with Crippen LogP contribution in [0.1, 0.15) is 61.3 Å². The summed E-state index contributed by atoms with van der Waals surface area (Å²) in [6, 6.07) is 33.7. The Morgan fingerprint density at radius 1 is 0.750 bits per heavy atom. The van der Waals surface area contributed by atoms with E-state index in [4.69, 9.17) is 9.47 Å². The van der Waals surface area contributed by atoms with Crippen LogP contribution in [-0.4, -0.2) is 53.6 Å². The molecule has 0 spiro atoms. The van der Waals surface area contributed by atoms with Crippen molar-refractivity contribution >= 4 is 0 Å². The molecule has 1 fully saturated rings. The Morgan fingerprint density at radius 2 is 1.29 bits per heavy atom. The number of aliphatic hydroxyl groups is 1. The Bertz CT molecular complexity index is 1410. The van der Waals surface area contributed by atoms with Crippen LogP contribution < -0.4 is 5.32 Å². The van der Waals surface area contributed by atoms with E-state index in [0.717, 1.165) is 35.6 Å². The zero-order valence-corrected chi connectivity index (χ0v) is 28.0. The zero-order chi connectivity index (χ0) is 33.6. The van der Waals surface area contributed by atoms with Gasteiger partial charge in [0.15, 0.2) is 0 Å². The molecule has 4 aromatic carbocycles. The van der Waals surface area contributed by atoms with Crippen molar-refractivity contribution in [2.45, 2.75) is 95.5 Å². The highest BCUT2D eigenvalue weighted by molar-refractivity contribution is 5.22. The van der Waals surface area contributed by atoms with Crippen LogP contribution in [0.2, 0.25) is 0 Å². The van der Waals surface area contributed by atoms with E-state index in [-0.39, 0.29) is 24.8 Å². The highest BCUT2D eigenvalue weighted by atomic mass is 19.1. The van der Waals surface area contributed by atoms with Gasteiger partial charge in [-0.3, -0.25) is 4.90 Å². The fourth-order valence-electron chi connectivity index (χ4n) is 6.68. The molecule has 1 aliphatic rings. The molecule has 256 valence electrons. The molecule has 0 bridgehead atoms. The summed E-state index contributed by atoms with van der Waals surface area (Å²) in [4.78, 5) is 2.35. The lowest BCUT2D eigenvalue weighted by Gasteiger charge is -2.40. The van der Waals surface area contributed by atoms with Crippen LogP contribution in [0.4, 0.5) is 8.78 Å². The van der Waals surface area contributed by atoms with Crippen LogP contribution in [-0.2, 0) is 35.6 Å². The van der Waals surface area contributed by atoms with Crippen LogP contribution in [0, 0.1) is 11.6 Å². The monoisotopic (exact) mass is 656 g/mol. The average Bonchev–Trinajstić information content (AvgIpc) is 3.10. The Labute approximate surface area is 284 Å². The number of hydrogen-bond acceptors (Lipinski definition) is 5. The van der Waals surface area contributed by atoms with E-state index < -0.39 is 23.8 Å². The lowest BCUT2D eigenvalue weighted by molar-refractivity contribution is -0.0522. The number of benzene rings is 4. The van der Waals surface area contributed by atoms with Crippen molar-refractivity contribution in [2.75, 3.05) is 13.2 Å². The topological polar surface area (TPSA) is 54.0 Å². The Morgan fingerprint density at radius 3 is 1.85 bits per heavy atom. The lowest BCUT2D eigenvalue weighted by atomic mass is 9.93. The molecule has 0 radical (unpaired) electrons. The molecule has 7 heteroatoms. The molecule has 1 aliphatic carbocycles. The van der Waals surface area contributed by atoms with Crippen molar-refractivity contribution in [1.29, 1.82) is 0 Å². The van der Waals surface area contributed by atoms with E-state index in [2.05, 4.69) is 41.4 Å². The first kappa shape index (κ1) is 35.8. The average molecular weight is 657 g/mol. The first-order valence-corrected chi connectivity index (χ1v) is 17.4. The van der Waals surface area contributed by atoms with E-state index in [9.17, 15) is 13.9 Å². The number of nitrogens with one attached hydrogen (secondary N) is 1.